The minimum atomic E-state index is -0.651. The van der Waals surface area contributed by atoms with Crippen molar-refractivity contribution < 1.29 is 9.59 Å². The maximum Gasteiger partial charge on any atom is 0.269 e. The second-order valence-electron chi connectivity index (χ2n) is 7.25. The van der Waals surface area contributed by atoms with Crippen LogP contribution in [0.1, 0.15) is 29.4 Å². The molecule has 1 aromatic heterocycles. The Labute approximate surface area is 162 Å². The molecule has 1 fully saturated rings. The second kappa shape index (κ2) is 6.54. The SMILES string of the molecule is CN1CC[C@@](C)(C#Cc2cccc(-n3nc(C(N)=O)c4ccccc43)c2)C1=O. The molecule has 1 atom stereocenters. The number of nitrogens with two attached hydrogens (primary N) is 1. The minimum absolute atomic E-state index is 0.0559. The number of nitrogens with zero attached hydrogens (tertiary/aromatic N) is 3. The number of benzene rings is 2. The van der Waals surface area contributed by atoms with E-state index >= 15 is 0 Å². The minimum Gasteiger partial charge on any atom is -0.364 e. The molecule has 1 aliphatic rings. The summed E-state index contributed by atoms with van der Waals surface area (Å²) < 4.78 is 1.69. The van der Waals surface area contributed by atoms with E-state index in [-0.39, 0.29) is 11.6 Å². The summed E-state index contributed by atoms with van der Waals surface area (Å²) in [7, 11) is 1.80. The van der Waals surface area contributed by atoms with E-state index in [1.807, 2.05) is 55.5 Å². The number of aromatic nitrogens is 2. The van der Waals surface area contributed by atoms with Gasteiger partial charge in [-0.2, -0.15) is 5.10 Å². The van der Waals surface area contributed by atoms with Gasteiger partial charge in [-0.15, -0.1) is 0 Å². The molecule has 6 heteroatoms. The van der Waals surface area contributed by atoms with Gasteiger partial charge in [0, 0.05) is 24.5 Å². The summed E-state index contributed by atoms with van der Waals surface area (Å²) in [6, 6.07) is 15.0. The first kappa shape index (κ1) is 17.8. The molecule has 1 aliphatic heterocycles. The average molecular weight is 372 g/mol. The van der Waals surface area contributed by atoms with Crippen LogP contribution in [-0.2, 0) is 4.79 Å². The Morgan fingerprint density at radius 3 is 2.71 bits per heavy atom. The monoisotopic (exact) mass is 372 g/mol. The molecule has 0 spiro atoms. The van der Waals surface area contributed by atoms with Crippen LogP contribution in [0.5, 0.6) is 0 Å². The van der Waals surface area contributed by atoms with Gasteiger partial charge >= 0.3 is 0 Å². The van der Waals surface area contributed by atoms with Gasteiger partial charge in [0.1, 0.15) is 5.41 Å². The van der Waals surface area contributed by atoms with Crippen molar-refractivity contribution >= 4 is 22.7 Å². The summed E-state index contributed by atoms with van der Waals surface area (Å²) >= 11 is 0. The quantitative estimate of drug-likeness (QED) is 0.701. The molecule has 2 amide bonds. The summed E-state index contributed by atoms with van der Waals surface area (Å²) in [5.74, 6) is 5.77. The molecule has 140 valence electrons. The Hall–Kier alpha value is -3.59. The third-order valence-corrected chi connectivity index (χ3v) is 5.16. The van der Waals surface area contributed by atoms with Crippen LogP contribution in [0.25, 0.3) is 16.6 Å². The molecule has 0 radical (unpaired) electrons. The van der Waals surface area contributed by atoms with Crippen LogP contribution in [0, 0.1) is 17.3 Å². The van der Waals surface area contributed by atoms with Crippen LogP contribution >= 0.6 is 0 Å². The van der Waals surface area contributed by atoms with Crippen molar-refractivity contribution in [2.45, 2.75) is 13.3 Å². The predicted molar refractivity (Wildman–Crippen MR) is 107 cm³/mol. The van der Waals surface area contributed by atoms with Crippen LogP contribution in [0.15, 0.2) is 48.5 Å². The zero-order chi connectivity index (χ0) is 19.9. The van der Waals surface area contributed by atoms with Crippen LogP contribution in [0.4, 0.5) is 0 Å². The number of carbonyl (C=O) groups excluding carboxylic acids is 2. The van der Waals surface area contributed by atoms with Gasteiger partial charge in [-0.25, -0.2) is 4.68 Å². The number of rotatable bonds is 2. The molecule has 2 N–H and O–H groups in total. The molecular formula is C22H20N4O2. The van der Waals surface area contributed by atoms with Gasteiger partial charge in [0.15, 0.2) is 5.69 Å². The predicted octanol–water partition coefficient (Wildman–Crippen LogP) is 2.34. The first-order chi connectivity index (χ1) is 13.4. The van der Waals surface area contributed by atoms with Gasteiger partial charge in [-0.3, -0.25) is 9.59 Å². The number of fused-ring (bicyclic) bond motifs is 1. The fourth-order valence-electron chi connectivity index (χ4n) is 3.51. The summed E-state index contributed by atoms with van der Waals surface area (Å²) in [4.78, 5) is 25.8. The number of para-hydroxylation sites is 1. The van der Waals surface area contributed by atoms with E-state index in [0.717, 1.165) is 29.7 Å². The molecule has 2 aromatic carbocycles. The fourth-order valence-corrected chi connectivity index (χ4v) is 3.51. The highest BCUT2D eigenvalue weighted by atomic mass is 16.2. The molecule has 0 bridgehead atoms. The average Bonchev–Trinajstić information content (AvgIpc) is 3.21. The Balaban J connectivity index is 1.76. The van der Waals surface area contributed by atoms with Gasteiger partial charge in [0.25, 0.3) is 5.91 Å². The van der Waals surface area contributed by atoms with Crippen LogP contribution in [0.3, 0.4) is 0 Å². The maximum absolute atomic E-state index is 12.3. The molecular weight excluding hydrogens is 352 g/mol. The first-order valence-corrected chi connectivity index (χ1v) is 9.06. The van der Waals surface area contributed by atoms with Crippen molar-refractivity contribution in [1.82, 2.24) is 14.7 Å². The molecule has 0 saturated carbocycles. The van der Waals surface area contributed by atoms with Crippen molar-refractivity contribution in [3.8, 4) is 17.5 Å². The summed E-state index contributed by atoms with van der Waals surface area (Å²) in [5.41, 5.74) is 7.41. The van der Waals surface area contributed by atoms with E-state index in [2.05, 4.69) is 16.9 Å². The van der Waals surface area contributed by atoms with E-state index in [1.54, 1.807) is 16.6 Å². The Morgan fingerprint density at radius 1 is 1.21 bits per heavy atom. The van der Waals surface area contributed by atoms with E-state index < -0.39 is 11.3 Å². The van der Waals surface area contributed by atoms with Gasteiger partial charge in [-0.1, -0.05) is 36.1 Å². The fraction of sp³-hybridized carbons (Fsp3) is 0.227. The highest BCUT2D eigenvalue weighted by molar-refractivity contribution is 6.04. The number of primary amides is 1. The summed E-state index contributed by atoms with van der Waals surface area (Å²) in [5, 5.41) is 5.11. The highest BCUT2D eigenvalue weighted by Crippen LogP contribution is 2.30. The normalized spacial score (nSPS) is 18.9. The molecule has 28 heavy (non-hydrogen) atoms. The van der Waals surface area contributed by atoms with Crippen LogP contribution in [-0.4, -0.2) is 40.1 Å². The number of carbonyl (C=O) groups is 2. The van der Waals surface area contributed by atoms with E-state index in [0.29, 0.717) is 5.39 Å². The lowest BCUT2D eigenvalue weighted by molar-refractivity contribution is -0.131. The third-order valence-electron chi connectivity index (χ3n) is 5.16. The van der Waals surface area contributed by atoms with Gasteiger partial charge < -0.3 is 10.6 Å². The zero-order valence-corrected chi connectivity index (χ0v) is 15.8. The number of likely N-dealkylation sites (tertiary alicyclic amines) is 1. The van der Waals surface area contributed by atoms with E-state index in [4.69, 9.17) is 5.73 Å². The van der Waals surface area contributed by atoms with Crippen LogP contribution in [0.2, 0.25) is 0 Å². The van der Waals surface area contributed by atoms with Gasteiger partial charge in [0.05, 0.1) is 11.2 Å². The Bertz CT molecular complexity index is 1170. The van der Waals surface area contributed by atoms with E-state index in [9.17, 15) is 9.59 Å². The smallest absolute Gasteiger partial charge is 0.269 e. The lowest BCUT2D eigenvalue weighted by Gasteiger charge is -2.14. The molecule has 2 heterocycles. The topological polar surface area (TPSA) is 81.2 Å². The van der Waals surface area contributed by atoms with Crippen molar-refractivity contribution in [2.75, 3.05) is 13.6 Å². The standard InChI is InChI=1S/C22H20N4O2/c1-22(12-13-25(2)21(22)28)11-10-15-6-5-7-16(14-15)26-18-9-4-3-8-17(18)19(24-26)20(23)27/h3-9,14H,12-13H2,1-2H3,(H2,23,27)/t22-/m1/s1. The van der Waals surface area contributed by atoms with Gasteiger partial charge in [-0.05, 0) is 37.6 Å². The zero-order valence-electron chi connectivity index (χ0n) is 15.8. The second-order valence-corrected chi connectivity index (χ2v) is 7.25. The van der Waals surface area contributed by atoms with Crippen LogP contribution < -0.4 is 5.73 Å². The Kier molecular flexibility index (Phi) is 4.16. The molecule has 3 aromatic rings. The molecule has 4 rings (SSSR count). The van der Waals surface area contributed by atoms with E-state index in [1.165, 1.54) is 0 Å². The Morgan fingerprint density at radius 2 is 2.00 bits per heavy atom. The van der Waals surface area contributed by atoms with Crippen molar-refractivity contribution in [2.24, 2.45) is 11.1 Å². The first-order valence-electron chi connectivity index (χ1n) is 9.06. The molecule has 0 unspecified atom stereocenters. The summed E-state index contributed by atoms with van der Waals surface area (Å²) in [6.07, 6.45) is 0.723. The third kappa shape index (κ3) is 2.91. The number of hydrogen-bond donors (Lipinski definition) is 1. The molecule has 6 nitrogen and oxygen atoms in total. The summed E-state index contributed by atoms with van der Waals surface area (Å²) in [6.45, 7) is 2.61. The lowest BCUT2D eigenvalue weighted by atomic mass is 9.89. The molecule has 0 aliphatic carbocycles. The van der Waals surface area contributed by atoms with Gasteiger partial charge in [0.2, 0.25) is 5.91 Å². The van der Waals surface area contributed by atoms with Crippen molar-refractivity contribution in [3.63, 3.8) is 0 Å². The maximum atomic E-state index is 12.3. The number of amides is 2. The van der Waals surface area contributed by atoms with Crippen molar-refractivity contribution in [1.29, 1.82) is 0 Å². The van der Waals surface area contributed by atoms with Crippen molar-refractivity contribution in [3.05, 3.63) is 59.8 Å². The highest BCUT2D eigenvalue weighted by Gasteiger charge is 2.39. The lowest BCUT2D eigenvalue weighted by Crippen LogP contribution is -2.28. The number of hydrogen-bond acceptors (Lipinski definition) is 3. The molecule has 1 saturated heterocycles. The largest absolute Gasteiger partial charge is 0.364 e.